The Bertz CT molecular complexity index is 618. The third kappa shape index (κ3) is 5.63. The van der Waals surface area contributed by atoms with E-state index in [2.05, 4.69) is 0 Å². The molecule has 0 spiro atoms. The van der Waals surface area contributed by atoms with Gasteiger partial charge in [0.15, 0.2) is 0 Å². The zero-order valence-electron chi connectivity index (χ0n) is 9.53. The second-order valence-corrected chi connectivity index (χ2v) is 5.51. The van der Waals surface area contributed by atoms with E-state index in [9.17, 15) is 26.4 Å². The van der Waals surface area contributed by atoms with Crippen molar-refractivity contribution in [2.24, 2.45) is 0 Å². The van der Waals surface area contributed by atoms with Crippen molar-refractivity contribution in [3.05, 3.63) is 28.8 Å². The van der Waals surface area contributed by atoms with Gasteiger partial charge >= 0.3 is 12.1 Å². The summed E-state index contributed by atoms with van der Waals surface area (Å²) in [5.41, 5.74) is -0.587. The van der Waals surface area contributed by atoms with Gasteiger partial charge in [0.25, 0.3) is 10.2 Å². The molecule has 0 saturated carbocycles. The number of hydrogen-bond donors (Lipinski definition) is 3. The number of aromatic carboxylic acids is 1. The number of hydrogen-bond acceptors (Lipinski definition) is 3. The lowest BCUT2D eigenvalue weighted by Gasteiger charge is -2.11. The highest BCUT2D eigenvalue weighted by Gasteiger charge is 2.29. The van der Waals surface area contributed by atoms with Crippen LogP contribution in [0, 0.1) is 0 Å². The van der Waals surface area contributed by atoms with Gasteiger partial charge in [-0.1, -0.05) is 11.6 Å². The zero-order valence-corrected chi connectivity index (χ0v) is 11.1. The molecule has 0 aliphatic rings. The van der Waals surface area contributed by atoms with E-state index in [0.29, 0.717) is 0 Å². The van der Waals surface area contributed by atoms with Crippen molar-refractivity contribution in [1.29, 1.82) is 0 Å². The number of carboxylic acid groups (broad SMARTS) is 1. The largest absolute Gasteiger partial charge is 0.478 e. The summed E-state index contributed by atoms with van der Waals surface area (Å²) in [6.07, 6.45) is -4.71. The summed E-state index contributed by atoms with van der Waals surface area (Å²) >= 11 is 5.57. The number of anilines is 1. The van der Waals surface area contributed by atoms with Crippen LogP contribution in [-0.4, -0.2) is 32.2 Å². The topological polar surface area (TPSA) is 95.5 Å². The molecule has 0 fully saturated rings. The lowest BCUT2D eigenvalue weighted by molar-refractivity contribution is -0.121. The fourth-order valence-electron chi connectivity index (χ4n) is 1.14. The van der Waals surface area contributed by atoms with Crippen molar-refractivity contribution in [2.75, 3.05) is 11.3 Å². The summed E-state index contributed by atoms with van der Waals surface area (Å²) in [7, 11) is -4.50. The highest BCUT2D eigenvalue weighted by molar-refractivity contribution is 7.90. The molecular formula is C9H8ClF3N2O4S. The average molecular weight is 333 g/mol. The molecule has 0 amide bonds. The first-order valence-corrected chi connectivity index (χ1v) is 6.73. The van der Waals surface area contributed by atoms with Crippen LogP contribution in [0.5, 0.6) is 0 Å². The van der Waals surface area contributed by atoms with Crippen molar-refractivity contribution < 1.29 is 31.5 Å². The van der Waals surface area contributed by atoms with Gasteiger partial charge in [-0.25, -0.2) is 4.79 Å². The van der Waals surface area contributed by atoms with Crippen molar-refractivity contribution >= 4 is 33.5 Å². The van der Waals surface area contributed by atoms with Crippen LogP contribution in [-0.2, 0) is 10.2 Å². The second-order valence-electron chi connectivity index (χ2n) is 3.58. The monoisotopic (exact) mass is 332 g/mol. The molecule has 0 heterocycles. The predicted molar refractivity (Wildman–Crippen MR) is 65.0 cm³/mol. The summed E-state index contributed by atoms with van der Waals surface area (Å²) < 4.78 is 61.4. The molecule has 3 N–H and O–H groups in total. The molecule has 6 nitrogen and oxygen atoms in total. The molecule has 0 aliphatic carbocycles. The van der Waals surface area contributed by atoms with Crippen LogP contribution in [0.25, 0.3) is 0 Å². The number of rotatable bonds is 5. The van der Waals surface area contributed by atoms with E-state index in [1.54, 1.807) is 4.72 Å². The van der Waals surface area contributed by atoms with Gasteiger partial charge in [-0.05, 0) is 18.2 Å². The summed E-state index contributed by atoms with van der Waals surface area (Å²) in [5, 5.41) is 8.66. The summed E-state index contributed by atoms with van der Waals surface area (Å²) in [6.45, 7) is -1.76. The summed E-state index contributed by atoms with van der Waals surface area (Å²) in [5.74, 6) is -1.36. The molecular weight excluding hydrogens is 325 g/mol. The van der Waals surface area contributed by atoms with Crippen LogP contribution in [0.15, 0.2) is 18.2 Å². The van der Waals surface area contributed by atoms with E-state index >= 15 is 0 Å². The lowest BCUT2D eigenvalue weighted by atomic mass is 10.2. The zero-order chi connectivity index (χ0) is 15.6. The number of nitrogens with one attached hydrogen (secondary N) is 2. The van der Waals surface area contributed by atoms with Crippen LogP contribution in [0.2, 0.25) is 5.02 Å². The standard InChI is InChI=1S/C9H8ClF3N2O4S/c10-6-1-5(8(16)17)2-7(3-6)15-20(18,19)14-4-9(11,12)13/h1-3,14-15H,4H2,(H,16,17). The minimum Gasteiger partial charge on any atom is -0.478 e. The Balaban J connectivity index is 2.90. The van der Waals surface area contributed by atoms with Gasteiger partial charge in [0.05, 0.1) is 11.3 Å². The number of halogens is 4. The Morgan fingerprint density at radius 2 is 1.90 bits per heavy atom. The maximum Gasteiger partial charge on any atom is 0.402 e. The van der Waals surface area contributed by atoms with Crippen molar-refractivity contribution in [3.63, 3.8) is 0 Å². The first-order chi connectivity index (χ1) is 8.98. The Morgan fingerprint density at radius 3 is 2.40 bits per heavy atom. The fourth-order valence-corrected chi connectivity index (χ4v) is 2.23. The normalized spacial score (nSPS) is 12.2. The van der Waals surface area contributed by atoms with Gasteiger partial charge in [0.2, 0.25) is 0 Å². The molecule has 112 valence electrons. The molecule has 11 heteroatoms. The quantitative estimate of drug-likeness (QED) is 0.766. The Morgan fingerprint density at radius 1 is 1.30 bits per heavy atom. The van der Waals surface area contributed by atoms with E-state index in [-0.39, 0.29) is 16.3 Å². The third-order valence-electron chi connectivity index (χ3n) is 1.86. The molecule has 0 atom stereocenters. The Kier molecular flexibility index (Phi) is 4.84. The maximum absolute atomic E-state index is 11.9. The van der Waals surface area contributed by atoms with Gasteiger partial charge < -0.3 is 5.11 Å². The third-order valence-corrected chi connectivity index (χ3v) is 3.11. The van der Waals surface area contributed by atoms with Crippen LogP contribution in [0.1, 0.15) is 10.4 Å². The van der Waals surface area contributed by atoms with Crippen LogP contribution >= 0.6 is 11.6 Å². The highest BCUT2D eigenvalue weighted by Crippen LogP contribution is 2.20. The molecule has 1 aromatic rings. The number of carboxylic acids is 1. The molecule has 0 saturated heterocycles. The minimum atomic E-state index is -4.71. The van der Waals surface area contributed by atoms with E-state index in [1.807, 2.05) is 0 Å². The number of benzene rings is 1. The van der Waals surface area contributed by atoms with Crippen LogP contribution in [0.3, 0.4) is 0 Å². The number of alkyl halides is 3. The number of carbonyl (C=O) groups is 1. The second kappa shape index (κ2) is 5.85. The summed E-state index contributed by atoms with van der Waals surface area (Å²) in [4.78, 5) is 10.7. The highest BCUT2D eigenvalue weighted by atomic mass is 35.5. The van der Waals surface area contributed by atoms with Gasteiger partial charge in [0, 0.05) is 5.02 Å². The maximum atomic E-state index is 11.9. The van der Waals surface area contributed by atoms with Crippen molar-refractivity contribution in [2.45, 2.75) is 6.18 Å². The van der Waals surface area contributed by atoms with Crippen LogP contribution < -0.4 is 9.44 Å². The molecule has 0 aromatic heterocycles. The van der Waals surface area contributed by atoms with Gasteiger partial charge in [-0.3, -0.25) is 4.72 Å². The smallest absolute Gasteiger partial charge is 0.402 e. The van der Waals surface area contributed by atoms with Crippen molar-refractivity contribution in [1.82, 2.24) is 4.72 Å². The van der Waals surface area contributed by atoms with E-state index in [1.165, 1.54) is 4.72 Å². The SMILES string of the molecule is O=C(O)c1cc(Cl)cc(NS(=O)(=O)NCC(F)(F)F)c1. The first-order valence-electron chi connectivity index (χ1n) is 4.86. The van der Waals surface area contributed by atoms with E-state index in [4.69, 9.17) is 16.7 Å². The molecule has 1 aromatic carbocycles. The van der Waals surface area contributed by atoms with E-state index in [0.717, 1.165) is 18.2 Å². The average Bonchev–Trinajstić information content (AvgIpc) is 2.24. The molecule has 0 unspecified atom stereocenters. The van der Waals surface area contributed by atoms with E-state index < -0.39 is 28.9 Å². The Hall–Kier alpha value is -1.52. The van der Waals surface area contributed by atoms with Gasteiger partial charge in [-0.15, -0.1) is 0 Å². The lowest BCUT2D eigenvalue weighted by Crippen LogP contribution is -2.37. The molecule has 0 bridgehead atoms. The molecule has 1 rings (SSSR count). The van der Waals surface area contributed by atoms with Gasteiger partial charge in [0.1, 0.15) is 6.54 Å². The Labute approximate surface area is 116 Å². The first kappa shape index (κ1) is 16.5. The molecule has 0 aliphatic heterocycles. The minimum absolute atomic E-state index is 0.0848. The van der Waals surface area contributed by atoms with Crippen LogP contribution in [0.4, 0.5) is 18.9 Å². The van der Waals surface area contributed by atoms with Crippen molar-refractivity contribution in [3.8, 4) is 0 Å². The van der Waals surface area contributed by atoms with Gasteiger partial charge in [-0.2, -0.15) is 26.3 Å². The fraction of sp³-hybridized carbons (Fsp3) is 0.222. The predicted octanol–water partition coefficient (Wildman–Crippen LogP) is 1.85. The molecule has 0 radical (unpaired) electrons. The molecule has 20 heavy (non-hydrogen) atoms. The summed E-state index contributed by atoms with van der Waals surface area (Å²) in [6, 6.07) is 3.03.